The lowest BCUT2D eigenvalue weighted by Crippen LogP contribution is -2.33. The lowest BCUT2D eigenvalue weighted by Gasteiger charge is -2.37. The van der Waals surface area contributed by atoms with Crippen molar-refractivity contribution in [2.45, 2.75) is 57.7 Å². The summed E-state index contributed by atoms with van der Waals surface area (Å²) in [4.78, 5) is 2.60. The summed E-state index contributed by atoms with van der Waals surface area (Å²) in [5.74, 6) is 1.70. The molecule has 4 rings (SSSR count). The van der Waals surface area contributed by atoms with Gasteiger partial charge >= 0.3 is 0 Å². The van der Waals surface area contributed by atoms with Gasteiger partial charge in [0.1, 0.15) is 6.61 Å². The molecule has 0 amide bonds. The van der Waals surface area contributed by atoms with Crippen LogP contribution >= 0.6 is 8.58 Å². The molecule has 1 aliphatic heterocycles. The Hall–Kier alpha value is -2.51. The Labute approximate surface area is 207 Å². The second-order valence-electron chi connectivity index (χ2n) is 9.09. The molecule has 0 spiro atoms. The Morgan fingerprint density at radius 2 is 1.53 bits per heavy atom. The molecule has 0 bridgehead atoms. The SMILES string of the molecule is CCC(CC)(Pc1ccccc1N1CCCCC1)c1cccc(OC)c1OCc1ccccc1. The molecule has 34 heavy (non-hydrogen) atoms. The Morgan fingerprint density at radius 1 is 0.824 bits per heavy atom. The highest BCUT2D eigenvalue weighted by molar-refractivity contribution is 7.49. The van der Waals surface area contributed by atoms with Gasteiger partial charge in [-0.05, 0) is 55.1 Å². The van der Waals surface area contributed by atoms with Crippen LogP contribution in [0.25, 0.3) is 0 Å². The zero-order valence-corrected chi connectivity index (χ0v) is 21.8. The summed E-state index contributed by atoms with van der Waals surface area (Å²) in [6.07, 6.45) is 6.02. The van der Waals surface area contributed by atoms with E-state index in [2.05, 4.69) is 79.4 Å². The average Bonchev–Trinajstić information content (AvgIpc) is 2.92. The number of methoxy groups -OCH3 is 1. The molecule has 1 fully saturated rings. The van der Waals surface area contributed by atoms with Crippen molar-refractivity contribution < 1.29 is 9.47 Å². The predicted octanol–water partition coefficient (Wildman–Crippen LogP) is 7.28. The molecule has 0 saturated carbocycles. The van der Waals surface area contributed by atoms with E-state index < -0.39 is 0 Å². The molecule has 1 aliphatic rings. The van der Waals surface area contributed by atoms with Crippen molar-refractivity contribution in [2.24, 2.45) is 0 Å². The van der Waals surface area contributed by atoms with Gasteiger partial charge in [0.2, 0.25) is 0 Å². The second kappa shape index (κ2) is 11.8. The van der Waals surface area contributed by atoms with Crippen molar-refractivity contribution in [3.05, 3.63) is 83.9 Å². The minimum Gasteiger partial charge on any atom is -0.493 e. The number of piperidine rings is 1. The fourth-order valence-electron chi connectivity index (χ4n) is 5.05. The highest BCUT2D eigenvalue weighted by atomic mass is 31.1. The summed E-state index contributed by atoms with van der Waals surface area (Å²) in [6, 6.07) is 25.8. The van der Waals surface area contributed by atoms with E-state index in [1.807, 2.05) is 12.1 Å². The third-order valence-electron chi connectivity index (χ3n) is 7.12. The first kappa shape index (κ1) is 24.6. The Kier molecular flexibility index (Phi) is 8.51. The number of benzene rings is 3. The van der Waals surface area contributed by atoms with Gasteiger partial charge in [-0.1, -0.05) is 83.1 Å². The smallest absolute Gasteiger partial charge is 0.165 e. The van der Waals surface area contributed by atoms with E-state index in [0.29, 0.717) is 15.2 Å². The van der Waals surface area contributed by atoms with E-state index in [1.165, 1.54) is 35.8 Å². The number of rotatable bonds is 10. The first-order valence-corrected chi connectivity index (χ1v) is 13.7. The summed E-state index contributed by atoms with van der Waals surface area (Å²) in [5.41, 5.74) is 3.84. The third-order valence-corrected chi connectivity index (χ3v) is 9.27. The molecule has 3 aromatic rings. The monoisotopic (exact) mass is 475 g/mol. The van der Waals surface area contributed by atoms with E-state index >= 15 is 0 Å². The van der Waals surface area contributed by atoms with Gasteiger partial charge in [-0.25, -0.2) is 0 Å². The molecular weight excluding hydrogens is 437 g/mol. The number of hydrogen-bond acceptors (Lipinski definition) is 3. The lowest BCUT2D eigenvalue weighted by atomic mass is 9.91. The number of ether oxygens (including phenoxy) is 2. The first-order valence-electron chi connectivity index (χ1n) is 12.7. The summed E-state index contributed by atoms with van der Waals surface area (Å²) < 4.78 is 12.3. The molecule has 1 heterocycles. The number of nitrogens with zero attached hydrogens (tertiary/aromatic N) is 1. The highest BCUT2D eigenvalue weighted by Crippen LogP contribution is 2.53. The maximum absolute atomic E-state index is 6.51. The number of anilines is 1. The van der Waals surface area contributed by atoms with Crippen molar-refractivity contribution >= 4 is 19.6 Å². The number of hydrogen-bond donors (Lipinski definition) is 0. The topological polar surface area (TPSA) is 21.7 Å². The van der Waals surface area contributed by atoms with Gasteiger partial charge in [0, 0.05) is 29.5 Å². The van der Waals surface area contributed by atoms with Crippen molar-refractivity contribution in [2.75, 3.05) is 25.1 Å². The van der Waals surface area contributed by atoms with Gasteiger partial charge < -0.3 is 14.4 Å². The van der Waals surface area contributed by atoms with Crippen LogP contribution in [-0.2, 0) is 11.8 Å². The van der Waals surface area contributed by atoms with Gasteiger partial charge in [0.05, 0.1) is 7.11 Å². The molecule has 0 aliphatic carbocycles. The van der Waals surface area contributed by atoms with E-state index in [9.17, 15) is 0 Å². The Balaban J connectivity index is 1.71. The summed E-state index contributed by atoms with van der Waals surface area (Å²) in [5, 5.41) is 1.46. The molecule has 0 aromatic heterocycles. The minimum atomic E-state index is -0.00749. The van der Waals surface area contributed by atoms with Crippen molar-refractivity contribution in [1.82, 2.24) is 0 Å². The zero-order valence-electron chi connectivity index (χ0n) is 20.8. The van der Waals surface area contributed by atoms with Crippen LogP contribution in [0.1, 0.15) is 57.1 Å². The van der Waals surface area contributed by atoms with Crippen LogP contribution in [-0.4, -0.2) is 20.2 Å². The van der Waals surface area contributed by atoms with Crippen LogP contribution in [0.4, 0.5) is 5.69 Å². The normalized spacial score (nSPS) is 14.5. The molecule has 0 N–H and O–H groups in total. The first-order chi connectivity index (χ1) is 16.7. The number of para-hydroxylation sites is 2. The van der Waals surface area contributed by atoms with Crippen molar-refractivity contribution in [3.8, 4) is 11.5 Å². The van der Waals surface area contributed by atoms with E-state index in [4.69, 9.17) is 9.47 Å². The third kappa shape index (κ3) is 5.41. The van der Waals surface area contributed by atoms with Gasteiger partial charge in [0.15, 0.2) is 11.5 Å². The van der Waals surface area contributed by atoms with Crippen molar-refractivity contribution in [1.29, 1.82) is 0 Å². The maximum Gasteiger partial charge on any atom is 0.165 e. The highest BCUT2D eigenvalue weighted by Gasteiger charge is 2.34. The molecule has 180 valence electrons. The molecule has 1 saturated heterocycles. The Morgan fingerprint density at radius 3 is 2.24 bits per heavy atom. The van der Waals surface area contributed by atoms with Gasteiger partial charge in [-0.2, -0.15) is 0 Å². The Bertz CT molecular complexity index is 1040. The van der Waals surface area contributed by atoms with E-state index in [-0.39, 0.29) is 5.16 Å². The second-order valence-corrected chi connectivity index (χ2v) is 10.8. The van der Waals surface area contributed by atoms with Crippen LogP contribution in [0, 0.1) is 0 Å². The fourth-order valence-corrected chi connectivity index (χ4v) is 6.80. The van der Waals surface area contributed by atoms with Crippen LogP contribution in [0.3, 0.4) is 0 Å². The summed E-state index contributed by atoms with van der Waals surface area (Å²) >= 11 is 0. The van der Waals surface area contributed by atoms with Gasteiger partial charge in [-0.3, -0.25) is 0 Å². The van der Waals surface area contributed by atoms with E-state index in [0.717, 1.165) is 43.0 Å². The van der Waals surface area contributed by atoms with Gasteiger partial charge in [-0.15, -0.1) is 0 Å². The maximum atomic E-state index is 6.51. The standard InChI is InChI=1S/C30H38NO2P/c1-4-30(5-2,34-28-20-11-10-18-26(28)31-21-12-7-13-22-31)25-17-14-19-27(32-3)29(25)33-23-24-15-8-6-9-16-24/h6,8-11,14-20,34H,4-5,7,12-13,21-23H2,1-3H3. The van der Waals surface area contributed by atoms with E-state index in [1.54, 1.807) is 7.11 Å². The molecule has 0 radical (unpaired) electrons. The molecular formula is C30H38NO2P. The quantitative estimate of drug-likeness (QED) is 0.288. The van der Waals surface area contributed by atoms with Crippen LogP contribution in [0.5, 0.6) is 11.5 Å². The van der Waals surface area contributed by atoms with Gasteiger partial charge in [0.25, 0.3) is 0 Å². The van der Waals surface area contributed by atoms with Crippen molar-refractivity contribution in [3.63, 3.8) is 0 Å². The zero-order chi connectivity index (χ0) is 23.8. The molecule has 3 nitrogen and oxygen atoms in total. The predicted molar refractivity (Wildman–Crippen MR) is 146 cm³/mol. The molecule has 3 aromatic carbocycles. The average molecular weight is 476 g/mol. The molecule has 1 unspecified atom stereocenters. The lowest BCUT2D eigenvalue weighted by molar-refractivity contribution is 0.277. The fraction of sp³-hybridized carbons (Fsp3) is 0.400. The van der Waals surface area contributed by atoms with Crippen LogP contribution in [0.15, 0.2) is 72.8 Å². The molecule has 4 heteroatoms. The van der Waals surface area contributed by atoms with Crippen LogP contribution < -0.4 is 19.7 Å². The minimum absolute atomic E-state index is 0.00749. The largest absolute Gasteiger partial charge is 0.493 e. The summed E-state index contributed by atoms with van der Waals surface area (Å²) in [6.45, 7) is 7.50. The molecule has 1 atom stereocenters. The summed E-state index contributed by atoms with van der Waals surface area (Å²) in [7, 11) is 2.39. The van der Waals surface area contributed by atoms with Crippen LogP contribution in [0.2, 0.25) is 0 Å².